The summed E-state index contributed by atoms with van der Waals surface area (Å²) in [6.07, 6.45) is 0.644. The standard InChI is InChI=1S/C10H19NO3S/c1-8(2)9-10(14-5-4-11-9)3-6-15(12,13)7-10/h8-9,11H,3-7H2,1-2H3. The van der Waals surface area contributed by atoms with Gasteiger partial charge in [-0.25, -0.2) is 8.42 Å². The predicted octanol–water partition coefficient (Wildman–Crippen LogP) is 0.188. The Labute approximate surface area is 91.3 Å². The summed E-state index contributed by atoms with van der Waals surface area (Å²) < 4.78 is 28.9. The summed E-state index contributed by atoms with van der Waals surface area (Å²) in [5.41, 5.74) is -0.453. The zero-order valence-electron chi connectivity index (χ0n) is 9.32. The second-order valence-electron chi connectivity index (χ2n) is 4.93. The lowest BCUT2D eigenvalue weighted by molar-refractivity contribution is -0.0894. The molecule has 2 heterocycles. The van der Waals surface area contributed by atoms with E-state index < -0.39 is 15.4 Å². The molecule has 2 aliphatic heterocycles. The van der Waals surface area contributed by atoms with Crippen molar-refractivity contribution in [3.8, 4) is 0 Å². The maximum atomic E-state index is 11.6. The Morgan fingerprint density at radius 2 is 2.20 bits per heavy atom. The van der Waals surface area contributed by atoms with E-state index in [9.17, 15) is 8.42 Å². The van der Waals surface area contributed by atoms with Crippen LogP contribution in [0.1, 0.15) is 20.3 Å². The minimum atomic E-state index is -2.89. The smallest absolute Gasteiger partial charge is 0.153 e. The molecule has 0 aromatic heterocycles. The lowest BCUT2D eigenvalue weighted by atomic mass is 9.84. The first-order valence-corrected chi connectivity index (χ1v) is 7.35. The third-order valence-corrected chi connectivity index (χ3v) is 5.14. The largest absolute Gasteiger partial charge is 0.371 e. The van der Waals surface area contributed by atoms with E-state index >= 15 is 0 Å². The molecule has 5 heteroatoms. The summed E-state index contributed by atoms with van der Waals surface area (Å²) in [6, 6.07) is 0.170. The van der Waals surface area contributed by atoms with E-state index in [4.69, 9.17) is 4.74 Å². The first-order valence-electron chi connectivity index (χ1n) is 5.53. The number of nitrogens with one attached hydrogen (secondary N) is 1. The third kappa shape index (κ3) is 2.05. The van der Waals surface area contributed by atoms with Gasteiger partial charge in [0.05, 0.1) is 23.7 Å². The van der Waals surface area contributed by atoms with Gasteiger partial charge in [0.2, 0.25) is 0 Å². The maximum absolute atomic E-state index is 11.6. The van der Waals surface area contributed by atoms with Gasteiger partial charge in [-0.1, -0.05) is 13.8 Å². The van der Waals surface area contributed by atoms with Crippen LogP contribution in [0.2, 0.25) is 0 Å². The zero-order chi connectivity index (χ0) is 11.1. The number of ether oxygens (including phenoxy) is 1. The van der Waals surface area contributed by atoms with E-state index in [0.29, 0.717) is 18.9 Å². The second kappa shape index (κ2) is 3.71. The van der Waals surface area contributed by atoms with Crippen LogP contribution in [0.5, 0.6) is 0 Å². The van der Waals surface area contributed by atoms with Crippen molar-refractivity contribution in [2.24, 2.45) is 5.92 Å². The highest BCUT2D eigenvalue weighted by atomic mass is 32.2. The highest BCUT2D eigenvalue weighted by molar-refractivity contribution is 7.91. The SMILES string of the molecule is CC(C)C1NCCOC12CCS(=O)(=O)C2. The van der Waals surface area contributed by atoms with Crippen molar-refractivity contribution in [3.05, 3.63) is 0 Å². The molecular formula is C10H19NO3S. The van der Waals surface area contributed by atoms with E-state index in [2.05, 4.69) is 19.2 Å². The van der Waals surface area contributed by atoms with E-state index in [1.54, 1.807) is 0 Å². The van der Waals surface area contributed by atoms with Crippen molar-refractivity contribution in [2.45, 2.75) is 31.9 Å². The number of morpholine rings is 1. The highest BCUT2D eigenvalue weighted by Gasteiger charge is 2.51. The summed E-state index contributed by atoms with van der Waals surface area (Å²) in [7, 11) is -2.89. The molecule has 2 fully saturated rings. The first-order chi connectivity index (χ1) is 6.95. The molecule has 2 aliphatic rings. The molecule has 15 heavy (non-hydrogen) atoms. The van der Waals surface area contributed by atoms with Gasteiger partial charge >= 0.3 is 0 Å². The molecule has 0 aliphatic carbocycles. The Morgan fingerprint density at radius 3 is 2.73 bits per heavy atom. The molecule has 0 bridgehead atoms. The van der Waals surface area contributed by atoms with E-state index in [1.807, 2.05) is 0 Å². The molecule has 0 saturated carbocycles. The van der Waals surface area contributed by atoms with Crippen LogP contribution >= 0.6 is 0 Å². The number of hydrogen-bond acceptors (Lipinski definition) is 4. The second-order valence-corrected chi connectivity index (χ2v) is 7.12. The van der Waals surface area contributed by atoms with Crippen LogP contribution in [0.3, 0.4) is 0 Å². The summed E-state index contributed by atoms with van der Waals surface area (Å²) >= 11 is 0. The molecule has 0 aromatic carbocycles. The van der Waals surface area contributed by atoms with Crippen LogP contribution in [0, 0.1) is 5.92 Å². The molecule has 88 valence electrons. The average molecular weight is 233 g/mol. The van der Waals surface area contributed by atoms with Crippen molar-refractivity contribution in [2.75, 3.05) is 24.7 Å². The average Bonchev–Trinajstić information content (AvgIpc) is 2.42. The fourth-order valence-corrected chi connectivity index (χ4v) is 4.74. The van der Waals surface area contributed by atoms with Crippen molar-refractivity contribution in [1.29, 1.82) is 0 Å². The maximum Gasteiger partial charge on any atom is 0.153 e. The number of hydrogen-bond donors (Lipinski definition) is 1. The molecule has 2 unspecified atom stereocenters. The minimum Gasteiger partial charge on any atom is -0.371 e. The van der Waals surface area contributed by atoms with Crippen LogP contribution in [-0.4, -0.2) is 44.7 Å². The van der Waals surface area contributed by atoms with Gasteiger partial charge in [0, 0.05) is 12.6 Å². The third-order valence-electron chi connectivity index (χ3n) is 3.39. The minimum absolute atomic E-state index is 0.170. The van der Waals surface area contributed by atoms with E-state index in [-0.39, 0.29) is 17.5 Å². The number of sulfone groups is 1. The fourth-order valence-electron chi connectivity index (χ4n) is 2.79. The van der Waals surface area contributed by atoms with Crippen molar-refractivity contribution >= 4 is 9.84 Å². The van der Waals surface area contributed by atoms with Crippen LogP contribution in [-0.2, 0) is 14.6 Å². The highest BCUT2D eigenvalue weighted by Crippen LogP contribution is 2.35. The quantitative estimate of drug-likeness (QED) is 0.702. The Hall–Kier alpha value is -0.130. The molecule has 0 amide bonds. The van der Waals surface area contributed by atoms with Crippen LogP contribution < -0.4 is 5.32 Å². The summed E-state index contributed by atoms with van der Waals surface area (Å²) in [5.74, 6) is 0.867. The topological polar surface area (TPSA) is 55.4 Å². The van der Waals surface area contributed by atoms with Crippen molar-refractivity contribution < 1.29 is 13.2 Å². The van der Waals surface area contributed by atoms with Gasteiger partial charge in [-0.2, -0.15) is 0 Å². The monoisotopic (exact) mass is 233 g/mol. The Balaban J connectivity index is 2.24. The summed E-state index contributed by atoms with van der Waals surface area (Å²) in [5, 5.41) is 3.40. The van der Waals surface area contributed by atoms with Gasteiger partial charge < -0.3 is 10.1 Å². The first kappa shape index (κ1) is 11.4. The zero-order valence-corrected chi connectivity index (χ0v) is 10.1. The van der Waals surface area contributed by atoms with E-state index in [1.165, 1.54) is 0 Å². The Bertz CT molecular complexity index is 339. The normalized spacial score (nSPS) is 40.1. The van der Waals surface area contributed by atoms with Crippen molar-refractivity contribution in [3.63, 3.8) is 0 Å². The van der Waals surface area contributed by atoms with Gasteiger partial charge in [0.15, 0.2) is 9.84 Å². The van der Waals surface area contributed by atoms with Crippen molar-refractivity contribution in [1.82, 2.24) is 5.32 Å². The Kier molecular flexibility index (Phi) is 2.81. The van der Waals surface area contributed by atoms with Gasteiger partial charge in [-0.3, -0.25) is 0 Å². The fraction of sp³-hybridized carbons (Fsp3) is 1.00. The molecule has 2 saturated heterocycles. The summed E-state index contributed by atoms with van der Waals surface area (Å²) in [4.78, 5) is 0. The molecule has 2 rings (SSSR count). The summed E-state index contributed by atoms with van der Waals surface area (Å²) in [6.45, 7) is 5.67. The Morgan fingerprint density at radius 1 is 1.47 bits per heavy atom. The van der Waals surface area contributed by atoms with Crippen LogP contribution in [0.15, 0.2) is 0 Å². The molecule has 0 aromatic rings. The number of rotatable bonds is 1. The molecule has 1 spiro atoms. The molecule has 1 N–H and O–H groups in total. The molecule has 2 atom stereocenters. The lowest BCUT2D eigenvalue weighted by Gasteiger charge is -2.43. The molecule has 4 nitrogen and oxygen atoms in total. The van der Waals surface area contributed by atoms with Gasteiger partial charge in [0.25, 0.3) is 0 Å². The van der Waals surface area contributed by atoms with Gasteiger partial charge in [0.1, 0.15) is 0 Å². The van der Waals surface area contributed by atoms with Crippen LogP contribution in [0.25, 0.3) is 0 Å². The lowest BCUT2D eigenvalue weighted by Crippen LogP contribution is -2.61. The van der Waals surface area contributed by atoms with Crippen LogP contribution in [0.4, 0.5) is 0 Å². The molecule has 0 radical (unpaired) electrons. The van der Waals surface area contributed by atoms with Gasteiger partial charge in [-0.05, 0) is 12.3 Å². The van der Waals surface area contributed by atoms with E-state index in [0.717, 1.165) is 6.54 Å². The molecular weight excluding hydrogens is 214 g/mol. The predicted molar refractivity (Wildman–Crippen MR) is 58.6 cm³/mol. The van der Waals surface area contributed by atoms with Gasteiger partial charge in [-0.15, -0.1) is 0 Å².